The lowest BCUT2D eigenvalue weighted by Crippen LogP contribution is -2.18. The molecule has 0 aliphatic carbocycles. The van der Waals surface area contributed by atoms with Crippen LogP contribution in [0, 0.1) is 5.92 Å². The molecule has 0 saturated carbocycles. The van der Waals surface area contributed by atoms with Crippen LogP contribution in [0.1, 0.15) is 29.8 Å². The highest BCUT2D eigenvalue weighted by molar-refractivity contribution is 7.99. The number of thioether (sulfide) groups is 1. The Morgan fingerprint density at radius 1 is 1.39 bits per heavy atom. The Kier molecular flexibility index (Phi) is 5.94. The Balaban J connectivity index is 2.62. The van der Waals surface area contributed by atoms with Gasteiger partial charge in [0, 0.05) is 16.8 Å². The number of halogens is 3. The normalized spacial score (nSPS) is 14.2. The molecule has 1 aromatic heterocycles. The van der Waals surface area contributed by atoms with Crippen molar-refractivity contribution >= 4 is 23.1 Å². The van der Waals surface area contributed by atoms with Crippen LogP contribution in [0.15, 0.2) is 6.20 Å². The van der Waals surface area contributed by atoms with E-state index in [2.05, 4.69) is 24.1 Å². The van der Waals surface area contributed by atoms with Gasteiger partial charge in [-0.1, -0.05) is 13.8 Å². The minimum atomic E-state index is -4.34. The summed E-state index contributed by atoms with van der Waals surface area (Å²) < 4.78 is 37.3. The second-order valence-corrected chi connectivity index (χ2v) is 6.48. The Morgan fingerprint density at radius 2 is 2.06 bits per heavy atom. The molecule has 0 fully saturated rings. The van der Waals surface area contributed by atoms with Gasteiger partial charge < -0.3 is 5.32 Å². The molecule has 1 unspecified atom stereocenters. The number of rotatable bonds is 6. The molecule has 104 valence electrons. The number of nitrogens with zero attached hydrogens (tertiary/aromatic N) is 1. The summed E-state index contributed by atoms with van der Waals surface area (Å²) in [6.45, 7) is 4.24. The molecule has 0 spiro atoms. The van der Waals surface area contributed by atoms with E-state index < -0.39 is 11.2 Å². The van der Waals surface area contributed by atoms with Crippen molar-refractivity contribution in [3.8, 4) is 0 Å². The first kappa shape index (κ1) is 15.8. The average molecular weight is 298 g/mol. The highest BCUT2D eigenvalue weighted by atomic mass is 32.2. The predicted octanol–water partition coefficient (Wildman–Crippen LogP) is 3.81. The smallest absolute Gasteiger partial charge is 0.312 e. The van der Waals surface area contributed by atoms with Crippen molar-refractivity contribution in [2.24, 2.45) is 5.92 Å². The van der Waals surface area contributed by atoms with Gasteiger partial charge in [-0.3, -0.25) is 0 Å². The summed E-state index contributed by atoms with van der Waals surface area (Å²) in [7, 11) is 1.76. The zero-order chi connectivity index (χ0) is 13.8. The fraction of sp³-hybridized carbons (Fsp3) is 0.727. The first-order valence-corrected chi connectivity index (χ1v) is 7.59. The molecular weight excluding hydrogens is 281 g/mol. The number of nitrogens with one attached hydrogen (secondary N) is 1. The third-order valence-electron chi connectivity index (χ3n) is 2.19. The minimum absolute atomic E-state index is 0.0673. The van der Waals surface area contributed by atoms with E-state index in [4.69, 9.17) is 0 Å². The largest absolute Gasteiger partial charge is 0.443 e. The fourth-order valence-corrected chi connectivity index (χ4v) is 3.50. The number of hydrogen-bond donors (Lipinski definition) is 1. The first-order valence-electron chi connectivity index (χ1n) is 5.62. The second kappa shape index (κ2) is 6.77. The van der Waals surface area contributed by atoms with Crippen LogP contribution in [-0.4, -0.2) is 23.5 Å². The number of alkyl halides is 3. The monoisotopic (exact) mass is 298 g/mol. The first-order chi connectivity index (χ1) is 8.34. The van der Waals surface area contributed by atoms with Gasteiger partial charge in [0.1, 0.15) is 0 Å². The van der Waals surface area contributed by atoms with Gasteiger partial charge in [-0.05, 0) is 18.7 Å². The molecule has 1 heterocycles. The van der Waals surface area contributed by atoms with Gasteiger partial charge in [-0.2, -0.15) is 24.9 Å². The van der Waals surface area contributed by atoms with Crippen molar-refractivity contribution in [1.82, 2.24) is 10.3 Å². The van der Waals surface area contributed by atoms with E-state index in [1.54, 1.807) is 18.8 Å². The summed E-state index contributed by atoms with van der Waals surface area (Å²) in [5, 5.41) is 2.27. The number of aromatic nitrogens is 1. The molecule has 1 aromatic rings. The van der Waals surface area contributed by atoms with Crippen LogP contribution in [-0.2, 0) is 6.18 Å². The molecule has 0 aliphatic rings. The van der Waals surface area contributed by atoms with Crippen molar-refractivity contribution in [3.05, 3.63) is 16.1 Å². The van der Waals surface area contributed by atoms with Gasteiger partial charge in [0.05, 0.1) is 6.04 Å². The lowest BCUT2D eigenvalue weighted by Gasteiger charge is -2.14. The summed E-state index contributed by atoms with van der Waals surface area (Å²) in [5.41, 5.74) is 0. The van der Waals surface area contributed by atoms with Gasteiger partial charge in [0.15, 0.2) is 5.01 Å². The van der Waals surface area contributed by atoms with Crippen LogP contribution in [0.4, 0.5) is 13.2 Å². The van der Waals surface area contributed by atoms with E-state index in [1.165, 1.54) is 6.20 Å². The molecule has 0 radical (unpaired) electrons. The minimum Gasteiger partial charge on any atom is -0.312 e. The maximum absolute atomic E-state index is 12.4. The van der Waals surface area contributed by atoms with Crippen molar-refractivity contribution in [1.29, 1.82) is 0 Å². The summed E-state index contributed by atoms with van der Waals surface area (Å²) >= 11 is 2.46. The Bertz CT molecular complexity index is 363. The molecule has 0 aliphatic heterocycles. The van der Waals surface area contributed by atoms with Crippen molar-refractivity contribution < 1.29 is 13.2 Å². The summed E-state index contributed by atoms with van der Waals surface area (Å²) in [6, 6.07) is -0.0673. The van der Waals surface area contributed by atoms with Crippen LogP contribution in [0.2, 0.25) is 0 Å². The maximum atomic E-state index is 12.4. The molecule has 2 nitrogen and oxygen atoms in total. The Labute approximate surface area is 113 Å². The van der Waals surface area contributed by atoms with Crippen LogP contribution in [0.5, 0.6) is 0 Å². The van der Waals surface area contributed by atoms with Crippen LogP contribution in [0.25, 0.3) is 0 Å². The van der Waals surface area contributed by atoms with E-state index in [9.17, 15) is 13.2 Å². The highest BCUT2D eigenvalue weighted by Crippen LogP contribution is 2.35. The van der Waals surface area contributed by atoms with E-state index in [0.29, 0.717) is 10.8 Å². The SMILES string of the molecule is CNC(CSCC(C)C)c1cnc(C(F)(F)F)s1. The molecule has 0 saturated heterocycles. The maximum Gasteiger partial charge on any atom is 0.443 e. The lowest BCUT2D eigenvalue weighted by molar-refractivity contribution is -0.137. The number of thiazole rings is 1. The quantitative estimate of drug-likeness (QED) is 0.864. The molecule has 0 bridgehead atoms. The van der Waals surface area contributed by atoms with E-state index >= 15 is 0 Å². The highest BCUT2D eigenvalue weighted by Gasteiger charge is 2.35. The third-order valence-corrected chi connectivity index (χ3v) is 4.82. The van der Waals surface area contributed by atoms with Crippen LogP contribution in [0.3, 0.4) is 0 Å². The fourth-order valence-electron chi connectivity index (χ4n) is 1.31. The topological polar surface area (TPSA) is 24.9 Å². The summed E-state index contributed by atoms with van der Waals surface area (Å²) in [4.78, 5) is 4.08. The van der Waals surface area contributed by atoms with Gasteiger partial charge in [0.25, 0.3) is 0 Å². The molecule has 0 amide bonds. The molecule has 1 N–H and O–H groups in total. The molecule has 1 atom stereocenters. The van der Waals surface area contributed by atoms with E-state index in [-0.39, 0.29) is 6.04 Å². The molecule has 7 heteroatoms. The molecule has 18 heavy (non-hydrogen) atoms. The Hall–Kier alpha value is -0.270. The zero-order valence-electron chi connectivity index (χ0n) is 10.5. The zero-order valence-corrected chi connectivity index (χ0v) is 12.2. The van der Waals surface area contributed by atoms with E-state index in [0.717, 1.165) is 22.8 Å². The van der Waals surface area contributed by atoms with Crippen LogP contribution < -0.4 is 5.32 Å². The predicted molar refractivity (Wildman–Crippen MR) is 71.1 cm³/mol. The van der Waals surface area contributed by atoms with E-state index in [1.807, 2.05) is 0 Å². The summed E-state index contributed by atoms with van der Waals surface area (Å²) in [6.07, 6.45) is -3.02. The third kappa shape index (κ3) is 4.78. The average Bonchev–Trinajstić information content (AvgIpc) is 2.72. The lowest BCUT2D eigenvalue weighted by atomic mass is 10.3. The molecule has 0 aromatic carbocycles. The second-order valence-electron chi connectivity index (χ2n) is 4.34. The van der Waals surface area contributed by atoms with Crippen molar-refractivity contribution in [3.63, 3.8) is 0 Å². The van der Waals surface area contributed by atoms with Gasteiger partial charge in [-0.15, -0.1) is 11.3 Å². The molecular formula is C11H17F3N2S2. The number of hydrogen-bond acceptors (Lipinski definition) is 4. The standard InChI is InChI=1S/C11H17F3N2S2/c1-7(2)5-17-6-8(15-3)9-4-16-10(18-9)11(12,13)14/h4,7-8,15H,5-6H2,1-3H3. The van der Waals surface area contributed by atoms with Crippen molar-refractivity contribution in [2.75, 3.05) is 18.6 Å². The van der Waals surface area contributed by atoms with Gasteiger partial charge in [-0.25, -0.2) is 4.98 Å². The van der Waals surface area contributed by atoms with Crippen LogP contribution >= 0.6 is 23.1 Å². The summed E-state index contributed by atoms with van der Waals surface area (Å²) in [5.74, 6) is 2.34. The van der Waals surface area contributed by atoms with Gasteiger partial charge >= 0.3 is 6.18 Å². The van der Waals surface area contributed by atoms with Gasteiger partial charge in [0.2, 0.25) is 0 Å². The van der Waals surface area contributed by atoms with Crippen molar-refractivity contribution in [2.45, 2.75) is 26.1 Å². The molecule has 1 rings (SSSR count). The Morgan fingerprint density at radius 3 is 2.50 bits per heavy atom.